The summed E-state index contributed by atoms with van der Waals surface area (Å²) in [6, 6.07) is 0.611. The van der Waals surface area contributed by atoms with E-state index in [-0.39, 0.29) is 0 Å². The van der Waals surface area contributed by atoms with Crippen LogP contribution in [-0.2, 0) is 0 Å². The van der Waals surface area contributed by atoms with Crippen molar-refractivity contribution in [2.75, 3.05) is 19.6 Å². The van der Waals surface area contributed by atoms with Crippen molar-refractivity contribution in [3.8, 4) is 0 Å². The van der Waals surface area contributed by atoms with Gasteiger partial charge in [0.15, 0.2) is 0 Å². The lowest BCUT2D eigenvalue weighted by Gasteiger charge is -2.24. The Hall–Kier alpha value is -0.0800. The minimum absolute atomic E-state index is 0.611. The lowest BCUT2D eigenvalue weighted by Crippen LogP contribution is -2.37. The van der Waals surface area contributed by atoms with Gasteiger partial charge in [0.05, 0.1) is 0 Å². The maximum absolute atomic E-state index is 5.75. The first-order valence-electron chi connectivity index (χ1n) is 6.23. The smallest absolute Gasteiger partial charge is 0.0190 e. The van der Waals surface area contributed by atoms with Gasteiger partial charge in [0, 0.05) is 25.7 Å². The van der Waals surface area contributed by atoms with Gasteiger partial charge in [-0.25, -0.2) is 0 Å². The number of rotatable bonds is 2. The van der Waals surface area contributed by atoms with Gasteiger partial charge in [0.1, 0.15) is 0 Å². The van der Waals surface area contributed by atoms with Gasteiger partial charge in [-0.1, -0.05) is 0 Å². The van der Waals surface area contributed by atoms with Crippen LogP contribution in [0.25, 0.3) is 0 Å². The standard InChI is InChI=1S/C12H22N2/c1-8(5-13)14-6-11-9-2-3-10(4-9)12(11)7-14/h8-12H,2-7,13H2,1H3/t8?,9?,10?,11-,12+. The van der Waals surface area contributed by atoms with Gasteiger partial charge < -0.3 is 5.73 Å². The Balaban J connectivity index is 1.70. The number of likely N-dealkylation sites (tertiary alicyclic amines) is 1. The van der Waals surface area contributed by atoms with E-state index in [1.165, 1.54) is 25.9 Å². The van der Waals surface area contributed by atoms with Crippen LogP contribution in [0, 0.1) is 23.7 Å². The Morgan fingerprint density at radius 1 is 1.21 bits per heavy atom. The third-order valence-corrected chi connectivity index (χ3v) is 5.13. The molecule has 0 amide bonds. The maximum Gasteiger partial charge on any atom is 0.0190 e. The minimum Gasteiger partial charge on any atom is -0.329 e. The quantitative estimate of drug-likeness (QED) is 0.718. The molecule has 0 radical (unpaired) electrons. The Labute approximate surface area is 86.8 Å². The van der Waals surface area contributed by atoms with Crippen molar-refractivity contribution in [1.82, 2.24) is 4.90 Å². The SMILES string of the molecule is CC(CN)N1C[C@@H]2C3CCC(C3)[C@@H]2C1. The molecule has 2 N–H and O–H groups in total. The fourth-order valence-electron chi connectivity index (χ4n) is 4.22. The van der Waals surface area contributed by atoms with Gasteiger partial charge in [-0.3, -0.25) is 4.90 Å². The first-order valence-corrected chi connectivity index (χ1v) is 6.23. The fraction of sp³-hybridized carbons (Fsp3) is 1.00. The van der Waals surface area contributed by atoms with Crippen molar-refractivity contribution in [3.05, 3.63) is 0 Å². The second kappa shape index (κ2) is 3.21. The summed E-state index contributed by atoms with van der Waals surface area (Å²) in [6.07, 6.45) is 4.60. The van der Waals surface area contributed by atoms with E-state index < -0.39 is 0 Å². The summed E-state index contributed by atoms with van der Waals surface area (Å²) in [5.74, 6) is 4.26. The predicted molar refractivity (Wildman–Crippen MR) is 57.9 cm³/mol. The molecule has 0 aromatic carbocycles. The molecule has 3 unspecified atom stereocenters. The molecule has 2 heteroatoms. The third kappa shape index (κ3) is 1.17. The first-order chi connectivity index (χ1) is 6.79. The van der Waals surface area contributed by atoms with E-state index in [1.807, 2.05) is 0 Å². The molecule has 2 saturated carbocycles. The van der Waals surface area contributed by atoms with Crippen LogP contribution in [0.1, 0.15) is 26.2 Å². The third-order valence-electron chi connectivity index (χ3n) is 5.13. The highest BCUT2D eigenvalue weighted by molar-refractivity contribution is 5.02. The minimum atomic E-state index is 0.611. The Morgan fingerprint density at radius 3 is 2.29 bits per heavy atom. The van der Waals surface area contributed by atoms with Crippen LogP contribution in [0.2, 0.25) is 0 Å². The first kappa shape index (κ1) is 9.17. The number of nitrogens with two attached hydrogens (primary N) is 1. The van der Waals surface area contributed by atoms with Crippen LogP contribution in [0.15, 0.2) is 0 Å². The van der Waals surface area contributed by atoms with Gasteiger partial charge in [-0.15, -0.1) is 0 Å². The molecule has 2 nitrogen and oxygen atoms in total. The highest BCUT2D eigenvalue weighted by Crippen LogP contribution is 2.55. The maximum atomic E-state index is 5.75. The van der Waals surface area contributed by atoms with Crippen LogP contribution in [-0.4, -0.2) is 30.6 Å². The second-order valence-electron chi connectivity index (χ2n) is 5.70. The van der Waals surface area contributed by atoms with Crippen LogP contribution in [0.3, 0.4) is 0 Å². The lowest BCUT2D eigenvalue weighted by atomic mass is 9.82. The second-order valence-corrected chi connectivity index (χ2v) is 5.70. The van der Waals surface area contributed by atoms with Gasteiger partial charge in [0.25, 0.3) is 0 Å². The van der Waals surface area contributed by atoms with E-state index in [0.29, 0.717) is 6.04 Å². The Kier molecular flexibility index (Phi) is 2.10. The van der Waals surface area contributed by atoms with E-state index in [0.717, 1.165) is 30.2 Å². The van der Waals surface area contributed by atoms with E-state index in [9.17, 15) is 0 Å². The van der Waals surface area contributed by atoms with Gasteiger partial charge in [0.2, 0.25) is 0 Å². The van der Waals surface area contributed by atoms with Gasteiger partial charge in [-0.05, 0) is 49.9 Å². The molecular weight excluding hydrogens is 172 g/mol. The molecule has 2 bridgehead atoms. The molecule has 3 aliphatic rings. The average molecular weight is 194 g/mol. The summed E-state index contributed by atoms with van der Waals surface area (Å²) < 4.78 is 0. The Morgan fingerprint density at radius 2 is 1.79 bits per heavy atom. The van der Waals surface area contributed by atoms with E-state index in [2.05, 4.69) is 11.8 Å². The molecule has 14 heavy (non-hydrogen) atoms. The number of nitrogens with zero attached hydrogens (tertiary/aromatic N) is 1. The molecule has 3 fully saturated rings. The van der Waals surface area contributed by atoms with Gasteiger partial charge in [-0.2, -0.15) is 0 Å². The summed E-state index contributed by atoms with van der Waals surface area (Å²) in [5.41, 5.74) is 5.75. The molecule has 1 heterocycles. The van der Waals surface area contributed by atoms with Crippen LogP contribution in [0.4, 0.5) is 0 Å². The molecule has 0 aromatic rings. The number of hydrogen-bond acceptors (Lipinski definition) is 2. The Bertz CT molecular complexity index is 210. The summed E-state index contributed by atoms with van der Waals surface area (Å²) >= 11 is 0. The van der Waals surface area contributed by atoms with Crippen LogP contribution in [0.5, 0.6) is 0 Å². The van der Waals surface area contributed by atoms with E-state index in [4.69, 9.17) is 5.73 Å². The summed E-state index contributed by atoms with van der Waals surface area (Å²) in [6.45, 7) is 5.81. The van der Waals surface area contributed by atoms with E-state index >= 15 is 0 Å². The summed E-state index contributed by atoms with van der Waals surface area (Å²) in [4.78, 5) is 2.64. The summed E-state index contributed by atoms with van der Waals surface area (Å²) in [7, 11) is 0. The fourth-order valence-corrected chi connectivity index (χ4v) is 4.22. The molecule has 0 aromatic heterocycles. The molecule has 1 aliphatic heterocycles. The highest BCUT2D eigenvalue weighted by Gasteiger charge is 2.51. The average Bonchev–Trinajstić information content (AvgIpc) is 2.87. The van der Waals surface area contributed by atoms with Crippen LogP contribution < -0.4 is 5.73 Å². The van der Waals surface area contributed by atoms with E-state index in [1.54, 1.807) is 6.42 Å². The van der Waals surface area contributed by atoms with Gasteiger partial charge >= 0.3 is 0 Å². The van der Waals surface area contributed by atoms with Crippen molar-refractivity contribution >= 4 is 0 Å². The van der Waals surface area contributed by atoms with Crippen LogP contribution >= 0.6 is 0 Å². The molecule has 0 spiro atoms. The zero-order chi connectivity index (χ0) is 9.71. The molecular formula is C12H22N2. The number of hydrogen-bond donors (Lipinski definition) is 1. The largest absolute Gasteiger partial charge is 0.329 e. The highest BCUT2D eigenvalue weighted by atomic mass is 15.2. The summed E-state index contributed by atoms with van der Waals surface area (Å²) in [5, 5.41) is 0. The van der Waals surface area contributed by atoms with Crippen molar-refractivity contribution in [3.63, 3.8) is 0 Å². The number of fused-ring (bicyclic) bond motifs is 5. The van der Waals surface area contributed by atoms with Crippen molar-refractivity contribution in [1.29, 1.82) is 0 Å². The topological polar surface area (TPSA) is 29.3 Å². The molecule has 3 rings (SSSR count). The lowest BCUT2D eigenvalue weighted by molar-refractivity contribution is 0.234. The van der Waals surface area contributed by atoms with Crippen molar-refractivity contribution in [2.45, 2.75) is 32.2 Å². The van der Waals surface area contributed by atoms with Crippen molar-refractivity contribution in [2.24, 2.45) is 29.4 Å². The molecule has 5 atom stereocenters. The molecule has 2 aliphatic carbocycles. The molecule has 1 saturated heterocycles. The zero-order valence-electron chi connectivity index (χ0n) is 9.15. The monoisotopic (exact) mass is 194 g/mol. The normalized spacial score (nSPS) is 48.4. The molecule has 80 valence electrons. The predicted octanol–water partition coefficient (Wildman–Crippen LogP) is 1.31. The van der Waals surface area contributed by atoms with Crippen molar-refractivity contribution < 1.29 is 0 Å². The zero-order valence-corrected chi connectivity index (χ0v) is 9.15.